The van der Waals surface area contributed by atoms with Gasteiger partial charge in [-0.2, -0.15) is 0 Å². The maximum absolute atomic E-state index is 6.24. The molecule has 1 aliphatic rings. The summed E-state index contributed by atoms with van der Waals surface area (Å²) in [5.41, 5.74) is 8.10. The van der Waals surface area contributed by atoms with Gasteiger partial charge in [0.1, 0.15) is 17.3 Å². The van der Waals surface area contributed by atoms with Crippen molar-refractivity contribution in [2.24, 2.45) is 7.05 Å². The highest BCUT2D eigenvalue weighted by molar-refractivity contribution is 9.10. The predicted molar refractivity (Wildman–Crippen MR) is 87.0 cm³/mol. The van der Waals surface area contributed by atoms with Crippen LogP contribution >= 0.6 is 27.5 Å². The van der Waals surface area contributed by atoms with Gasteiger partial charge in [-0.05, 0) is 40.9 Å². The van der Waals surface area contributed by atoms with Crippen LogP contribution in [-0.2, 0) is 7.05 Å². The van der Waals surface area contributed by atoms with Gasteiger partial charge in [0, 0.05) is 23.0 Å². The van der Waals surface area contributed by atoms with Crippen molar-refractivity contribution in [3.63, 3.8) is 0 Å². The zero-order chi connectivity index (χ0) is 14.3. The van der Waals surface area contributed by atoms with Gasteiger partial charge < -0.3 is 10.3 Å². The fourth-order valence-corrected chi connectivity index (χ4v) is 3.43. The molecule has 106 valence electrons. The molecule has 20 heavy (non-hydrogen) atoms. The summed E-state index contributed by atoms with van der Waals surface area (Å²) in [5.74, 6) is 2.38. The second-order valence-electron chi connectivity index (χ2n) is 5.37. The third kappa shape index (κ3) is 2.35. The first-order valence-electron chi connectivity index (χ1n) is 6.85. The second kappa shape index (κ2) is 5.41. The Labute approximate surface area is 132 Å². The predicted octanol–water partition coefficient (Wildman–Crippen LogP) is 4.74. The molecule has 0 unspecified atom stereocenters. The number of halogens is 2. The third-order valence-corrected chi connectivity index (χ3v) is 5.30. The molecule has 1 aliphatic carbocycles. The number of nitrogen functional groups attached to an aromatic ring is 1. The van der Waals surface area contributed by atoms with Crippen LogP contribution in [0.1, 0.15) is 37.4 Å². The number of nitrogens with two attached hydrogens (primary N) is 1. The summed E-state index contributed by atoms with van der Waals surface area (Å²) in [6, 6.07) is 5.80. The Hall–Kier alpha value is -1.00. The van der Waals surface area contributed by atoms with Crippen molar-refractivity contribution in [2.45, 2.75) is 31.6 Å². The summed E-state index contributed by atoms with van der Waals surface area (Å²) in [5, 5.41) is 0.694. The number of nitrogens with zero attached hydrogens (tertiary/aromatic N) is 2. The van der Waals surface area contributed by atoms with E-state index in [1.54, 1.807) is 0 Å². The number of hydrogen-bond donors (Lipinski definition) is 1. The van der Waals surface area contributed by atoms with Crippen molar-refractivity contribution >= 4 is 33.3 Å². The van der Waals surface area contributed by atoms with Gasteiger partial charge in [-0.1, -0.05) is 30.5 Å². The van der Waals surface area contributed by atoms with E-state index in [1.807, 2.05) is 29.8 Å². The fraction of sp³-hybridized carbons (Fsp3) is 0.400. The lowest BCUT2D eigenvalue weighted by molar-refractivity contribution is 0.635. The molecule has 1 saturated carbocycles. The van der Waals surface area contributed by atoms with Crippen LogP contribution in [0.4, 0.5) is 5.82 Å². The summed E-state index contributed by atoms with van der Waals surface area (Å²) in [7, 11) is 2.00. The lowest BCUT2D eigenvalue weighted by Gasteiger charge is -2.08. The molecule has 0 spiro atoms. The molecule has 1 fully saturated rings. The maximum Gasteiger partial charge on any atom is 0.131 e. The first-order valence-corrected chi connectivity index (χ1v) is 8.02. The van der Waals surface area contributed by atoms with Crippen LogP contribution in [0, 0.1) is 0 Å². The van der Waals surface area contributed by atoms with Crippen molar-refractivity contribution in [1.82, 2.24) is 9.55 Å². The molecule has 0 amide bonds. The first-order chi connectivity index (χ1) is 9.58. The molecule has 1 aromatic heterocycles. The van der Waals surface area contributed by atoms with Crippen LogP contribution in [-0.4, -0.2) is 9.55 Å². The van der Waals surface area contributed by atoms with Crippen molar-refractivity contribution in [1.29, 1.82) is 0 Å². The Morgan fingerprint density at radius 1 is 1.35 bits per heavy atom. The summed E-state index contributed by atoms with van der Waals surface area (Å²) in [6.07, 6.45) is 5.01. The molecular weight excluding hydrogens is 338 g/mol. The average molecular weight is 355 g/mol. The zero-order valence-electron chi connectivity index (χ0n) is 11.4. The smallest absolute Gasteiger partial charge is 0.131 e. The molecule has 0 atom stereocenters. The van der Waals surface area contributed by atoms with Gasteiger partial charge in [-0.3, -0.25) is 0 Å². The minimum absolute atomic E-state index is 0.548. The van der Waals surface area contributed by atoms with Crippen LogP contribution in [0.3, 0.4) is 0 Å². The first kappa shape index (κ1) is 14.0. The Balaban J connectivity index is 2.05. The van der Waals surface area contributed by atoms with E-state index in [-0.39, 0.29) is 0 Å². The number of hydrogen-bond acceptors (Lipinski definition) is 2. The van der Waals surface area contributed by atoms with Gasteiger partial charge in [-0.15, -0.1) is 0 Å². The molecule has 0 aliphatic heterocycles. The van der Waals surface area contributed by atoms with E-state index in [9.17, 15) is 0 Å². The van der Waals surface area contributed by atoms with Gasteiger partial charge in [0.05, 0.1) is 5.02 Å². The highest BCUT2D eigenvalue weighted by atomic mass is 79.9. The summed E-state index contributed by atoms with van der Waals surface area (Å²) >= 11 is 9.50. The van der Waals surface area contributed by atoms with E-state index >= 15 is 0 Å². The van der Waals surface area contributed by atoms with Crippen LogP contribution in [0.5, 0.6) is 0 Å². The number of imidazole rings is 1. The molecule has 2 N–H and O–H groups in total. The third-order valence-electron chi connectivity index (χ3n) is 4.09. The Morgan fingerprint density at radius 2 is 2.05 bits per heavy atom. The normalized spacial score (nSPS) is 15.9. The Kier molecular flexibility index (Phi) is 3.78. The maximum atomic E-state index is 6.24. The molecule has 3 nitrogen and oxygen atoms in total. The molecule has 5 heteroatoms. The van der Waals surface area contributed by atoms with E-state index in [0.29, 0.717) is 10.9 Å². The molecule has 0 bridgehead atoms. The SMILES string of the molecule is Cn1c(C2CCCC2)nc(-c2ccc(Cl)c(Br)c2)c1N. The van der Waals surface area contributed by atoms with E-state index < -0.39 is 0 Å². The molecular formula is C15H17BrClN3. The van der Waals surface area contributed by atoms with E-state index in [2.05, 4.69) is 15.9 Å². The highest BCUT2D eigenvalue weighted by Gasteiger charge is 2.24. The minimum atomic E-state index is 0.548. The van der Waals surface area contributed by atoms with Crippen LogP contribution in [0.2, 0.25) is 5.02 Å². The fourth-order valence-electron chi connectivity index (χ4n) is 2.93. The molecule has 1 heterocycles. The van der Waals surface area contributed by atoms with Crippen molar-refractivity contribution in [3.8, 4) is 11.3 Å². The largest absolute Gasteiger partial charge is 0.383 e. The van der Waals surface area contributed by atoms with Gasteiger partial charge in [0.15, 0.2) is 0 Å². The van der Waals surface area contributed by atoms with Gasteiger partial charge in [0.2, 0.25) is 0 Å². The number of rotatable bonds is 2. The summed E-state index contributed by atoms with van der Waals surface area (Å²) in [6.45, 7) is 0. The van der Waals surface area contributed by atoms with Crippen molar-refractivity contribution in [3.05, 3.63) is 33.5 Å². The molecule has 0 saturated heterocycles. The van der Waals surface area contributed by atoms with Crippen molar-refractivity contribution < 1.29 is 0 Å². The van der Waals surface area contributed by atoms with Crippen molar-refractivity contribution in [2.75, 3.05) is 5.73 Å². The van der Waals surface area contributed by atoms with Crippen LogP contribution in [0.25, 0.3) is 11.3 Å². The Morgan fingerprint density at radius 3 is 2.70 bits per heavy atom. The lowest BCUT2D eigenvalue weighted by atomic mass is 10.1. The monoisotopic (exact) mass is 353 g/mol. The van der Waals surface area contributed by atoms with Gasteiger partial charge in [-0.25, -0.2) is 4.98 Å². The number of anilines is 1. The zero-order valence-corrected chi connectivity index (χ0v) is 13.7. The topological polar surface area (TPSA) is 43.8 Å². The van der Waals surface area contributed by atoms with Gasteiger partial charge >= 0.3 is 0 Å². The minimum Gasteiger partial charge on any atom is -0.383 e. The standard InChI is InChI=1S/C15H17BrClN3/c1-20-14(18)13(10-6-7-12(17)11(16)8-10)19-15(20)9-4-2-3-5-9/h6-9H,2-5,18H2,1H3. The van der Waals surface area contributed by atoms with Crippen LogP contribution in [0.15, 0.2) is 22.7 Å². The molecule has 1 aromatic carbocycles. The molecule has 0 radical (unpaired) electrons. The van der Waals surface area contributed by atoms with E-state index in [1.165, 1.54) is 25.7 Å². The van der Waals surface area contributed by atoms with Crippen LogP contribution < -0.4 is 5.73 Å². The molecule has 3 rings (SSSR count). The van der Waals surface area contributed by atoms with E-state index in [0.717, 1.165) is 27.4 Å². The summed E-state index contributed by atoms with van der Waals surface area (Å²) < 4.78 is 2.90. The number of benzene rings is 1. The quantitative estimate of drug-likeness (QED) is 0.846. The highest BCUT2D eigenvalue weighted by Crippen LogP contribution is 2.37. The van der Waals surface area contributed by atoms with E-state index in [4.69, 9.17) is 22.3 Å². The summed E-state index contributed by atoms with van der Waals surface area (Å²) in [4.78, 5) is 4.81. The Bertz CT molecular complexity index is 645. The molecule has 2 aromatic rings. The van der Waals surface area contributed by atoms with Gasteiger partial charge in [0.25, 0.3) is 0 Å². The average Bonchev–Trinajstić information content (AvgIpc) is 3.04. The lowest BCUT2D eigenvalue weighted by Crippen LogP contribution is -2.05. The second-order valence-corrected chi connectivity index (χ2v) is 6.63. The number of aromatic nitrogens is 2.